The number of rotatable bonds is 7. The second kappa shape index (κ2) is 9.56. The fraction of sp³-hybridized carbons (Fsp3) is 0.500. The van der Waals surface area contributed by atoms with Gasteiger partial charge in [0.25, 0.3) is 0 Å². The van der Waals surface area contributed by atoms with Gasteiger partial charge in [-0.3, -0.25) is 4.79 Å². The third-order valence-electron chi connectivity index (χ3n) is 2.20. The first-order valence-electron chi connectivity index (χ1n) is 6.31. The van der Waals surface area contributed by atoms with Gasteiger partial charge in [-0.1, -0.05) is 0 Å². The van der Waals surface area contributed by atoms with E-state index >= 15 is 0 Å². The number of esters is 1. The largest absolute Gasteiger partial charge is 0.519 e. The predicted octanol–water partition coefficient (Wildman–Crippen LogP) is 1.40. The SMILES string of the molecule is CC(=O)OCOC(=O)NCCSC(=O)OCc1oc(=O)oc1C.[HH]. The van der Waals surface area contributed by atoms with Crippen LogP contribution in [-0.2, 0) is 25.6 Å². The van der Waals surface area contributed by atoms with Gasteiger partial charge in [-0.25, -0.2) is 14.4 Å². The lowest BCUT2D eigenvalue weighted by Crippen LogP contribution is -2.27. The molecule has 0 saturated heterocycles. The summed E-state index contributed by atoms with van der Waals surface area (Å²) in [6.07, 6.45) is -0.781. The zero-order chi connectivity index (χ0) is 17.2. The van der Waals surface area contributed by atoms with Crippen LogP contribution in [0.25, 0.3) is 0 Å². The highest BCUT2D eigenvalue weighted by Crippen LogP contribution is 2.10. The van der Waals surface area contributed by atoms with Gasteiger partial charge in [0, 0.05) is 20.6 Å². The number of amides is 1. The lowest BCUT2D eigenvalue weighted by Gasteiger charge is -2.06. The topological polar surface area (TPSA) is 134 Å². The highest BCUT2D eigenvalue weighted by molar-refractivity contribution is 8.13. The number of nitrogens with one attached hydrogen (secondary N) is 1. The number of thioether (sulfide) groups is 1. The van der Waals surface area contributed by atoms with Gasteiger partial charge in [-0.05, 0) is 18.7 Å². The molecular weight excluding hydrogens is 334 g/mol. The van der Waals surface area contributed by atoms with E-state index in [9.17, 15) is 19.2 Å². The molecule has 1 heterocycles. The molecule has 0 aliphatic rings. The number of carbonyl (C=O) groups is 3. The number of alkyl carbamates (subject to hydrolysis) is 1. The summed E-state index contributed by atoms with van der Waals surface area (Å²) in [7, 11) is 0. The van der Waals surface area contributed by atoms with E-state index in [2.05, 4.69) is 23.6 Å². The Balaban J connectivity index is 0.00000529. The molecule has 0 bridgehead atoms. The summed E-state index contributed by atoms with van der Waals surface area (Å²) < 4.78 is 23.0. The lowest BCUT2D eigenvalue weighted by molar-refractivity contribution is -0.149. The van der Waals surface area contributed by atoms with E-state index in [4.69, 9.17) is 4.74 Å². The van der Waals surface area contributed by atoms with E-state index in [1.807, 2.05) is 0 Å². The molecule has 0 fully saturated rings. The first kappa shape index (κ1) is 18.6. The van der Waals surface area contributed by atoms with Crippen molar-refractivity contribution in [3.63, 3.8) is 0 Å². The molecule has 1 aromatic heterocycles. The number of hydrogen-bond donors (Lipinski definition) is 1. The van der Waals surface area contributed by atoms with Gasteiger partial charge < -0.3 is 28.4 Å². The van der Waals surface area contributed by atoms with Crippen LogP contribution in [0.5, 0.6) is 0 Å². The average molecular weight is 351 g/mol. The first-order chi connectivity index (χ1) is 10.9. The van der Waals surface area contributed by atoms with E-state index in [0.29, 0.717) is 0 Å². The number of hydrogen-bond acceptors (Lipinski definition) is 10. The summed E-state index contributed by atoms with van der Waals surface area (Å²) in [5.41, 5.74) is 0. The lowest BCUT2D eigenvalue weighted by atomic mass is 10.4. The van der Waals surface area contributed by atoms with Gasteiger partial charge in [-0.15, -0.1) is 0 Å². The molecule has 1 aromatic rings. The van der Waals surface area contributed by atoms with E-state index in [1.54, 1.807) is 0 Å². The highest BCUT2D eigenvalue weighted by atomic mass is 32.2. The van der Waals surface area contributed by atoms with Crippen molar-refractivity contribution >= 4 is 29.1 Å². The molecule has 0 atom stereocenters. The maximum atomic E-state index is 11.4. The van der Waals surface area contributed by atoms with Gasteiger partial charge >= 0.3 is 23.2 Å². The zero-order valence-electron chi connectivity index (χ0n) is 12.4. The van der Waals surface area contributed by atoms with Crippen molar-refractivity contribution < 1.29 is 38.9 Å². The molecule has 0 aliphatic carbocycles. The Kier molecular flexibility index (Phi) is 7.74. The quantitative estimate of drug-likeness (QED) is 0.436. The van der Waals surface area contributed by atoms with Crippen LogP contribution in [0.1, 0.15) is 19.9 Å². The molecule has 0 radical (unpaired) electrons. The standard InChI is InChI=1S/C12H15NO9S.H2/c1-7-9(22-11(16)21-7)5-18-12(17)23-4-3-13-10(15)20-6-19-8(2)14;/h3-6H2,1-2H3,(H,13,15);1H. The molecule has 0 spiro atoms. The Hall–Kier alpha value is -2.43. The van der Waals surface area contributed by atoms with Gasteiger partial charge in [0.05, 0.1) is 0 Å². The fourth-order valence-electron chi connectivity index (χ4n) is 1.18. The van der Waals surface area contributed by atoms with E-state index < -0.39 is 30.0 Å². The molecule has 0 saturated carbocycles. The normalized spacial score (nSPS) is 10.0. The summed E-state index contributed by atoms with van der Waals surface area (Å²) >= 11 is 0.812. The average Bonchev–Trinajstić information content (AvgIpc) is 2.79. The summed E-state index contributed by atoms with van der Waals surface area (Å²) in [5.74, 6) is -0.825. The van der Waals surface area contributed by atoms with E-state index in [0.717, 1.165) is 11.8 Å². The maximum Gasteiger partial charge on any atom is 0.519 e. The molecule has 23 heavy (non-hydrogen) atoms. The molecular formula is C12H17NO9S. The van der Waals surface area contributed by atoms with Crippen LogP contribution in [0.4, 0.5) is 9.59 Å². The molecule has 0 unspecified atom stereocenters. The van der Waals surface area contributed by atoms with Crippen molar-refractivity contribution in [2.24, 2.45) is 0 Å². The van der Waals surface area contributed by atoms with Crippen LogP contribution in [-0.4, -0.2) is 36.5 Å². The third kappa shape index (κ3) is 7.95. The van der Waals surface area contributed by atoms with Crippen molar-refractivity contribution in [3.05, 3.63) is 22.1 Å². The van der Waals surface area contributed by atoms with Crippen molar-refractivity contribution in [3.8, 4) is 0 Å². The maximum absolute atomic E-state index is 11.4. The second-order valence-corrected chi connectivity index (χ2v) is 4.96. The molecule has 0 aliphatic heterocycles. The predicted molar refractivity (Wildman–Crippen MR) is 77.9 cm³/mol. The Labute approximate surface area is 135 Å². The van der Waals surface area contributed by atoms with Crippen LogP contribution in [0, 0.1) is 6.92 Å². The van der Waals surface area contributed by atoms with E-state index in [1.165, 1.54) is 13.8 Å². The molecule has 11 heteroatoms. The molecule has 130 valence electrons. The van der Waals surface area contributed by atoms with Gasteiger partial charge in [0.2, 0.25) is 6.79 Å². The molecule has 1 rings (SSSR count). The minimum atomic E-state index is -0.863. The Morgan fingerprint density at radius 2 is 1.96 bits per heavy atom. The number of ether oxygens (including phenoxy) is 3. The minimum Gasteiger partial charge on any atom is -0.449 e. The smallest absolute Gasteiger partial charge is 0.449 e. The monoisotopic (exact) mass is 351 g/mol. The number of carbonyl (C=O) groups excluding carboxylic acids is 3. The highest BCUT2D eigenvalue weighted by Gasteiger charge is 2.12. The first-order valence-corrected chi connectivity index (χ1v) is 7.30. The van der Waals surface area contributed by atoms with Gasteiger partial charge in [-0.2, -0.15) is 0 Å². The molecule has 1 amide bonds. The third-order valence-corrected chi connectivity index (χ3v) is 2.96. The fourth-order valence-corrected chi connectivity index (χ4v) is 1.69. The second-order valence-electron chi connectivity index (χ2n) is 3.93. The Morgan fingerprint density at radius 1 is 1.22 bits per heavy atom. The molecule has 1 N–H and O–H groups in total. The Bertz CT molecular complexity index is 612. The van der Waals surface area contributed by atoms with Crippen LogP contribution in [0.15, 0.2) is 13.6 Å². The van der Waals surface area contributed by atoms with Crippen LogP contribution in [0.2, 0.25) is 0 Å². The van der Waals surface area contributed by atoms with Gasteiger partial charge in [0.15, 0.2) is 18.1 Å². The van der Waals surface area contributed by atoms with Crippen molar-refractivity contribution in [1.29, 1.82) is 0 Å². The van der Waals surface area contributed by atoms with Crippen molar-refractivity contribution in [2.75, 3.05) is 19.1 Å². The van der Waals surface area contributed by atoms with Crippen LogP contribution >= 0.6 is 11.8 Å². The van der Waals surface area contributed by atoms with Crippen molar-refractivity contribution in [2.45, 2.75) is 20.5 Å². The van der Waals surface area contributed by atoms with Gasteiger partial charge in [0.1, 0.15) is 0 Å². The van der Waals surface area contributed by atoms with Crippen LogP contribution in [0.3, 0.4) is 0 Å². The molecule has 0 aromatic carbocycles. The summed E-state index contributed by atoms with van der Waals surface area (Å²) in [5, 5.41) is 1.73. The zero-order valence-corrected chi connectivity index (χ0v) is 13.2. The van der Waals surface area contributed by atoms with Crippen LogP contribution < -0.4 is 11.1 Å². The Morgan fingerprint density at radius 3 is 2.57 bits per heavy atom. The van der Waals surface area contributed by atoms with E-state index in [-0.39, 0.29) is 31.9 Å². The summed E-state index contributed by atoms with van der Waals surface area (Å²) in [6, 6.07) is 0. The summed E-state index contributed by atoms with van der Waals surface area (Å²) in [6.45, 7) is 2.12. The number of aryl methyl sites for hydroxylation is 1. The summed E-state index contributed by atoms with van der Waals surface area (Å²) in [4.78, 5) is 43.7. The van der Waals surface area contributed by atoms with Crippen molar-refractivity contribution in [1.82, 2.24) is 5.32 Å². The minimum absolute atomic E-state index is 0. The molecule has 10 nitrogen and oxygen atoms in total.